The van der Waals surface area contributed by atoms with E-state index in [4.69, 9.17) is 10.6 Å². The SMILES string of the molecule is CCC#CCN(N)C(=O)OC(C)(C)C. The lowest BCUT2D eigenvalue weighted by Gasteiger charge is -2.22. The van der Waals surface area contributed by atoms with E-state index in [2.05, 4.69) is 11.8 Å². The quantitative estimate of drug-likeness (QED) is 0.301. The number of carbonyl (C=O) groups is 1. The van der Waals surface area contributed by atoms with Gasteiger partial charge < -0.3 is 4.74 Å². The molecule has 0 aromatic carbocycles. The van der Waals surface area contributed by atoms with Gasteiger partial charge in [0.2, 0.25) is 0 Å². The molecule has 0 aliphatic carbocycles. The van der Waals surface area contributed by atoms with Gasteiger partial charge in [0.25, 0.3) is 0 Å². The van der Waals surface area contributed by atoms with E-state index in [0.717, 1.165) is 11.4 Å². The van der Waals surface area contributed by atoms with Crippen LogP contribution >= 0.6 is 0 Å². The zero-order valence-electron chi connectivity index (χ0n) is 9.26. The summed E-state index contributed by atoms with van der Waals surface area (Å²) in [5.41, 5.74) is -0.521. The van der Waals surface area contributed by atoms with Gasteiger partial charge in [0.15, 0.2) is 0 Å². The van der Waals surface area contributed by atoms with Crippen molar-refractivity contribution < 1.29 is 9.53 Å². The molecule has 0 saturated carbocycles. The van der Waals surface area contributed by atoms with Crippen LogP contribution in [0.4, 0.5) is 4.79 Å². The van der Waals surface area contributed by atoms with Gasteiger partial charge in [0.1, 0.15) is 12.1 Å². The van der Waals surface area contributed by atoms with Gasteiger partial charge >= 0.3 is 6.09 Å². The Labute approximate surface area is 85.4 Å². The molecule has 2 N–H and O–H groups in total. The van der Waals surface area contributed by atoms with Gasteiger partial charge in [-0.3, -0.25) is 0 Å². The molecule has 0 aromatic rings. The maximum Gasteiger partial charge on any atom is 0.425 e. The fourth-order valence-electron chi connectivity index (χ4n) is 0.651. The summed E-state index contributed by atoms with van der Waals surface area (Å²) < 4.78 is 5.02. The van der Waals surface area contributed by atoms with E-state index in [1.807, 2.05) is 6.92 Å². The summed E-state index contributed by atoms with van der Waals surface area (Å²) in [7, 11) is 0. The summed E-state index contributed by atoms with van der Waals surface area (Å²) in [6, 6.07) is 0. The fraction of sp³-hybridized carbons (Fsp3) is 0.700. The molecule has 0 aliphatic rings. The van der Waals surface area contributed by atoms with Crippen molar-refractivity contribution in [1.82, 2.24) is 5.01 Å². The van der Waals surface area contributed by atoms with Crippen LogP contribution in [0.1, 0.15) is 34.1 Å². The number of hydrogen-bond acceptors (Lipinski definition) is 3. The van der Waals surface area contributed by atoms with E-state index in [9.17, 15) is 4.79 Å². The lowest BCUT2D eigenvalue weighted by atomic mass is 10.2. The predicted octanol–water partition coefficient (Wildman–Crippen LogP) is 1.51. The molecule has 0 spiro atoms. The summed E-state index contributed by atoms with van der Waals surface area (Å²) in [6.45, 7) is 7.49. The summed E-state index contributed by atoms with van der Waals surface area (Å²) in [6.07, 6.45) is 0.199. The lowest BCUT2D eigenvalue weighted by molar-refractivity contribution is 0.0274. The highest BCUT2D eigenvalue weighted by Gasteiger charge is 2.19. The Kier molecular flexibility index (Phi) is 5.03. The molecule has 0 atom stereocenters. The molecule has 0 saturated heterocycles. The first kappa shape index (κ1) is 12.8. The zero-order chi connectivity index (χ0) is 11.2. The largest absolute Gasteiger partial charge is 0.443 e. The van der Waals surface area contributed by atoms with Crippen molar-refractivity contribution >= 4 is 6.09 Å². The van der Waals surface area contributed by atoms with Crippen LogP contribution in [0.15, 0.2) is 0 Å². The summed E-state index contributed by atoms with van der Waals surface area (Å²) in [5.74, 6) is 11.0. The van der Waals surface area contributed by atoms with Gasteiger partial charge in [-0.1, -0.05) is 12.8 Å². The molecular weight excluding hydrogens is 180 g/mol. The van der Waals surface area contributed by atoms with E-state index in [1.165, 1.54) is 0 Å². The number of hydrogen-bond donors (Lipinski definition) is 1. The van der Waals surface area contributed by atoms with Crippen molar-refractivity contribution in [2.24, 2.45) is 5.84 Å². The van der Waals surface area contributed by atoms with Crippen molar-refractivity contribution in [2.45, 2.75) is 39.7 Å². The molecule has 1 amide bonds. The maximum absolute atomic E-state index is 11.3. The Morgan fingerprint density at radius 2 is 2.00 bits per heavy atom. The van der Waals surface area contributed by atoms with Crippen LogP contribution < -0.4 is 5.84 Å². The zero-order valence-corrected chi connectivity index (χ0v) is 9.26. The highest BCUT2D eigenvalue weighted by atomic mass is 16.6. The standard InChI is InChI=1S/C10H18N2O2/c1-5-6-7-8-12(11)9(13)14-10(2,3)4/h5,8,11H2,1-4H3. The number of ether oxygens (including phenoxy) is 1. The minimum Gasteiger partial charge on any atom is -0.443 e. The van der Waals surface area contributed by atoms with Crippen LogP contribution in [-0.4, -0.2) is 23.2 Å². The molecule has 0 aliphatic heterocycles. The molecule has 0 rings (SSSR count). The molecule has 0 unspecified atom stereocenters. The Bertz CT molecular complexity index is 245. The van der Waals surface area contributed by atoms with E-state index in [-0.39, 0.29) is 6.54 Å². The normalized spacial score (nSPS) is 10.1. The Morgan fingerprint density at radius 3 is 2.43 bits per heavy atom. The van der Waals surface area contributed by atoms with E-state index in [0.29, 0.717) is 0 Å². The third-order valence-corrected chi connectivity index (χ3v) is 1.18. The van der Waals surface area contributed by atoms with Crippen molar-refractivity contribution in [3.05, 3.63) is 0 Å². The van der Waals surface area contributed by atoms with E-state index in [1.54, 1.807) is 20.8 Å². The number of carbonyl (C=O) groups excluding carboxylic acids is 1. The third kappa shape index (κ3) is 6.32. The predicted molar refractivity (Wildman–Crippen MR) is 55.2 cm³/mol. The smallest absolute Gasteiger partial charge is 0.425 e. The molecule has 4 heteroatoms. The second-order valence-corrected chi connectivity index (χ2v) is 3.82. The molecule has 4 nitrogen and oxygen atoms in total. The number of rotatable bonds is 1. The van der Waals surface area contributed by atoms with Crippen LogP contribution in [0.3, 0.4) is 0 Å². The highest BCUT2D eigenvalue weighted by Crippen LogP contribution is 2.07. The monoisotopic (exact) mass is 198 g/mol. The van der Waals surface area contributed by atoms with Gasteiger partial charge in [0.05, 0.1) is 0 Å². The first-order chi connectivity index (χ1) is 6.37. The van der Waals surface area contributed by atoms with Crippen LogP contribution in [-0.2, 0) is 4.74 Å². The van der Waals surface area contributed by atoms with Crippen molar-refractivity contribution in [2.75, 3.05) is 6.54 Å². The fourth-order valence-corrected chi connectivity index (χ4v) is 0.651. The maximum atomic E-state index is 11.3. The number of amides is 1. The highest BCUT2D eigenvalue weighted by molar-refractivity contribution is 5.67. The first-order valence-electron chi connectivity index (χ1n) is 4.57. The van der Waals surface area contributed by atoms with Crippen LogP contribution in [0.5, 0.6) is 0 Å². The topological polar surface area (TPSA) is 55.6 Å². The summed E-state index contributed by atoms with van der Waals surface area (Å²) in [5, 5.41) is 0.966. The molecule has 0 aromatic heterocycles. The molecule has 0 bridgehead atoms. The van der Waals surface area contributed by atoms with Gasteiger partial charge in [-0.15, -0.1) is 5.92 Å². The van der Waals surface area contributed by atoms with Crippen molar-refractivity contribution in [1.29, 1.82) is 0 Å². The molecule has 14 heavy (non-hydrogen) atoms. The number of nitrogens with two attached hydrogens (primary N) is 1. The summed E-state index contributed by atoms with van der Waals surface area (Å²) in [4.78, 5) is 11.3. The van der Waals surface area contributed by atoms with Crippen LogP contribution in [0.25, 0.3) is 0 Å². The Balaban J connectivity index is 4.00. The average molecular weight is 198 g/mol. The van der Waals surface area contributed by atoms with Gasteiger partial charge in [-0.2, -0.15) is 0 Å². The molecule has 0 heterocycles. The van der Waals surface area contributed by atoms with E-state index < -0.39 is 11.7 Å². The van der Waals surface area contributed by atoms with E-state index >= 15 is 0 Å². The molecule has 80 valence electrons. The number of nitrogens with zero attached hydrogens (tertiary/aromatic N) is 1. The first-order valence-corrected chi connectivity index (χ1v) is 4.57. The second kappa shape index (κ2) is 5.51. The van der Waals surface area contributed by atoms with Gasteiger partial charge in [-0.25, -0.2) is 15.6 Å². The van der Waals surface area contributed by atoms with Crippen LogP contribution in [0.2, 0.25) is 0 Å². The second-order valence-electron chi connectivity index (χ2n) is 3.82. The third-order valence-electron chi connectivity index (χ3n) is 1.18. The Morgan fingerprint density at radius 1 is 1.43 bits per heavy atom. The van der Waals surface area contributed by atoms with Gasteiger partial charge in [0, 0.05) is 6.42 Å². The van der Waals surface area contributed by atoms with Crippen molar-refractivity contribution in [3.63, 3.8) is 0 Å². The molecule has 0 radical (unpaired) electrons. The summed E-state index contributed by atoms with van der Waals surface area (Å²) >= 11 is 0. The van der Waals surface area contributed by atoms with Crippen LogP contribution in [0, 0.1) is 11.8 Å². The lowest BCUT2D eigenvalue weighted by Crippen LogP contribution is -2.41. The van der Waals surface area contributed by atoms with Crippen molar-refractivity contribution in [3.8, 4) is 11.8 Å². The minimum atomic E-state index is -0.553. The number of hydrazine groups is 1. The van der Waals surface area contributed by atoms with Gasteiger partial charge in [-0.05, 0) is 20.8 Å². The minimum absolute atomic E-state index is 0.197. The molecular formula is C10H18N2O2. The Hall–Kier alpha value is -1.21. The molecule has 0 fully saturated rings. The average Bonchev–Trinajstić information content (AvgIpc) is 2.01.